The van der Waals surface area contributed by atoms with E-state index in [0.29, 0.717) is 11.4 Å². The molecule has 1 aromatic rings. The van der Waals surface area contributed by atoms with Crippen molar-refractivity contribution in [3.05, 3.63) is 27.9 Å². The fraction of sp³-hybridized carbons (Fsp3) is 0.615. The minimum atomic E-state index is -0.372. The van der Waals surface area contributed by atoms with E-state index in [9.17, 15) is 10.1 Å². The third-order valence-electron chi connectivity index (χ3n) is 3.60. The Morgan fingerprint density at radius 2 is 2.10 bits per heavy atom. The van der Waals surface area contributed by atoms with Crippen molar-refractivity contribution in [3.63, 3.8) is 0 Å². The maximum atomic E-state index is 10.9. The third kappa shape index (κ3) is 3.88. The Bertz CT molecular complexity index is 472. The van der Waals surface area contributed by atoms with Crippen molar-refractivity contribution in [2.75, 3.05) is 51.6 Å². The summed E-state index contributed by atoms with van der Waals surface area (Å²) in [5.74, 6) is 0.566. The number of piperazine rings is 1. The molecule has 0 atom stereocenters. The van der Waals surface area contributed by atoms with Gasteiger partial charge in [-0.2, -0.15) is 0 Å². The summed E-state index contributed by atoms with van der Waals surface area (Å²) in [6.45, 7) is 7.69. The molecule has 110 valence electrons. The van der Waals surface area contributed by atoms with Crippen LogP contribution >= 0.6 is 0 Å². The second kappa shape index (κ2) is 6.62. The highest BCUT2D eigenvalue weighted by Crippen LogP contribution is 2.19. The third-order valence-corrected chi connectivity index (χ3v) is 3.60. The van der Waals surface area contributed by atoms with Gasteiger partial charge in [0.2, 0.25) is 0 Å². The second-order valence-electron chi connectivity index (χ2n) is 5.18. The summed E-state index contributed by atoms with van der Waals surface area (Å²) < 4.78 is 0. The van der Waals surface area contributed by atoms with Crippen LogP contribution in [0.2, 0.25) is 0 Å². The summed E-state index contributed by atoms with van der Waals surface area (Å²) >= 11 is 0. The molecule has 0 aromatic carbocycles. The van der Waals surface area contributed by atoms with Crippen molar-refractivity contribution in [1.29, 1.82) is 0 Å². The molecule has 1 N–H and O–H groups in total. The maximum Gasteiger partial charge on any atom is 0.277 e. The quantitative estimate of drug-likeness (QED) is 0.639. The topological polar surface area (TPSA) is 74.5 Å². The number of likely N-dealkylation sites (N-methyl/N-ethyl adjacent to an activating group) is 1. The molecule has 1 fully saturated rings. The molecule has 0 aliphatic carbocycles. The molecule has 7 nitrogen and oxygen atoms in total. The summed E-state index contributed by atoms with van der Waals surface area (Å²) in [5, 5.41) is 14.0. The molecule has 2 rings (SSSR count). The first kappa shape index (κ1) is 14.7. The first-order valence-electron chi connectivity index (χ1n) is 6.82. The molecule has 2 heterocycles. The average Bonchev–Trinajstić information content (AvgIpc) is 2.42. The SMILES string of the molecule is Cc1cnc(NCCN2CCN(C)CC2)cc1[N+](=O)[O-]. The first-order valence-corrected chi connectivity index (χ1v) is 6.82. The van der Waals surface area contributed by atoms with Gasteiger partial charge in [-0.25, -0.2) is 4.98 Å². The minimum absolute atomic E-state index is 0.113. The monoisotopic (exact) mass is 279 g/mol. The van der Waals surface area contributed by atoms with E-state index in [-0.39, 0.29) is 10.6 Å². The first-order chi connectivity index (χ1) is 9.56. The van der Waals surface area contributed by atoms with Gasteiger partial charge in [0.25, 0.3) is 5.69 Å². The van der Waals surface area contributed by atoms with Crippen molar-refractivity contribution >= 4 is 11.5 Å². The standard InChI is InChI=1S/C13H21N5O2/c1-11-10-15-13(9-12(11)18(19)20)14-3-4-17-7-5-16(2)6-8-17/h9-10H,3-8H2,1-2H3,(H,14,15). The van der Waals surface area contributed by atoms with Crippen LogP contribution in [-0.4, -0.2) is 66.0 Å². The van der Waals surface area contributed by atoms with Crippen LogP contribution in [0.4, 0.5) is 11.5 Å². The Morgan fingerprint density at radius 3 is 2.75 bits per heavy atom. The van der Waals surface area contributed by atoms with Crippen molar-refractivity contribution in [2.24, 2.45) is 0 Å². The van der Waals surface area contributed by atoms with Crippen molar-refractivity contribution in [1.82, 2.24) is 14.8 Å². The van der Waals surface area contributed by atoms with Crippen LogP contribution < -0.4 is 5.32 Å². The second-order valence-corrected chi connectivity index (χ2v) is 5.18. The molecule has 0 amide bonds. The summed E-state index contributed by atoms with van der Waals surface area (Å²) in [4.78, 5) is 19.4. The molecule has 1 saturated heterocycles. The number of nitro groups is 1. The Labute approximate surface area is 118 Å². The molecular weight excluding hydrogens is 258 g/mol. The number of nitrogens with one attached hydrogen (secondary N) is 1. The number of aromatic nitrogens is 1. The van der Waals surface area contributed by atoms with Crippen LogP contribution in [0.3, 0.4) is 0 Å². The van der Waals surface area contributed by atoms with E-state index >= 15 is 0 Å². The predicted octanol–water partition coefficient (Wildman–Crippen LogP) is 0.958. The molecule has 0 radical (unpaired) electrons. The van der Waals surface area contributed by atoms with Gasteiger partial charge in [0.1, 0.15) is 5.82 Å². The van der Waals surface area contributed by atoms with E-state index in [1.807, 2.05) is 0 Å². The van der Waals surface area contributed by atoms with Gasteiger partial charge in [0.05, 0.1) is 11.0 Å². The Kier molecular flexibility index (Phi) is 4.86. The lowest BCUT2D eigenvalue weighted by molar-refractivity contribution is -0.385. The smallest absolute Gasteiger partial charge is 0.277 e. The molecule has 1 aliphatic rings. The average molecular weight is 279 g/mol. The number of rotatable bonds is 5. The highest BCUT2D eigenvalue weighted by molar-refractivity contribution is 5.48. The van der Waals surface area contributed by atoms with E-state index in [1.165, 1.54) is 12.3 Å². The largest absolute Gasteiger partial charge is 0.369 e. The number of pyridine rings is 1. The Hall–Kier alpha value is -1.73. The van der Waals surface area contributed by atoms with Gasteiger partial charge >= 0.3 is 0 Å². The molecule has 0 bridgehead atoms. The van der Waals surface area contributed by atoms with Crippen LogP contribution in [0.25, 0.3) is 0 Å². The number of nitrogens with zero attached hydrogens (tertiary/aromatic N) is 4. The van der Waals surface area contributed by atoms with Crippen molar-refractivity contribution in [2.45, 2.75) is 6.92 Å². The normalized spacial score (nSPS) is 17.1. The van der Waals surface area contributed by atoms with Crippen LogP contribution in [0, 0.1) is 17.0 Å². The number of hydrogen-bond donors (Lipinski definition) is 1. The molecule has 20 heavy (non-hydrogen) atoms. The Morgan fingerprint density at radius 1 is 1.40 bits per heavy atom. The van der Waals surface area contributed by atoms with Gasteiger partial charge in [-0.05, 0) is 14.0 Å². The summed E-state index contributed by atoms with van der Waals surface area (Å²) in [6.07, 6.45) is 1.54. The van der Waals surface area contributed by atoms with Crippen LogP contribution in [0.15, 0.2) is 12.3 Å². The van der Waals surface area contributed by atoms with E-state index < -0.39 is 0 Å². The van der Waals surface area contributed by atoms with Crippen LogP contribution in [-0.2, 0) is 0 Å². The lowest BCUT2D eigenvalue weighted by Gasteiger charge is -2.32. The highest BCUT2D eigenvalue weighted by atomic mass is 16.6. The number of aryl methyl sites for hydroxylation is 1. The summed E-state index contributed by atoms with van der Waals surface area (Å²) in [5.41, 5.74) is 0.696. The minimum Gasteiger partial charge on any atom is -0.369 e. The van der Waals surface area contributed by atoms with E-state index in [2.05, 4.69) is 27.1 Å². The van der Waals surface area contributed by atoms with Crippen LogP contribution in [0.5, 0.6) is 0 Å². The van der Waals surface area contributed by atoms with Gasteiger partial charge in [-0.1, -0.05) is 0 Å². The van der Waals surface area contributed by atoms with Crippen LogP contribution in [0.1, 0.15) is 5.56 Å². The molecule has 1 aliphatic heterocycles. The van der Waals surface area contributed by atoms with Gasteiger partial charge in [0, 0.05) is 51.0 Å². The lowest BCUT2D eigenvalue weighted by atomic mass is 10.2. The zero-order valence-corrected chi connectivity index (χ0v) is 12.0. The Balaban J connectivity index is 1.82. The lowest BCUT2D eigenvalue weighted by Crippen LogP contribution is -2.45. The van der Waals surface area contributed by atoms with E-state index in [1.54, 1.807) is 6.92 Å². The van der Waals surface area contributed by atoms with Gasteiger partial charge in [0.15, 0.2) is 0 Å². The fourth-order valence-electron chi connectivity index (χ4n) is 2.22. The maximum absolute atomic E-state index is 10.9. The molecule has 0 spiro atoms. The molecule has 1 aromatic heterocycles. The highest BCUT2D eigenvalue weighted by Gasteiger charge is 2.14. The van der Waals surface area contributed by atoms with Gasteiger partial charge in [-0.3, -0.25) is 15.0 Å². The van der Waals surface area contributed by atoms with Gasteiger partial charge in [-0.15, -0.1) is 0 Å². The molecule has 0 unspecified atom stereocenters. The fourth-order valence-corrected chi connectivity index (χ4v) is 2.22. The van der Waals surface area contributed by atoms with E-state index in [0.717, 1.165) is 39.3 Å². The number of hydrogen-bond acceptors (Lipinski definition) is 6. The summed E-state index contributed by atoms with van der Waals surface area (Å²) in [6, 6.07) is 1.50. The molecule has 7 heteroatoms. The van der Waals surface area contributed by atoms with Crippen molar-refractivity contribution in [3.8, 4) is 0 Å². The predicted molar refractivity (Wildman–Crippen MR) is 78.1 cm³/mol. The molecule has 0 saturated carbocycles. The summed E-state index contributed by atoms with van der Waals surface area (Å²) in [7, 11) is 2.13. The number of anilines is 1. The molecular formula is C13H21N5O2. The zero-order valence-electron chi connectivity index (χ0n) is 12.0. The van der Waals surface area contributed by atoms with Gasteiger partial charge < -0.3 is 10.2 Å². The van der Waals surface area contributed by atoms with Crippen molar-refractivity contribution < 1.29 is 4.92 Å². The van der Waals surface area contributed by atoms with E-state index in [4.69, 9.17) is 0 Å². The zero-order chi connectivity index (χ0) is 14.5.